The van der Waals surface area contributed by atoms with Crippen LogP contribution in [0.25, 0.3) is 0 Å². The zero-order valence-corrected chi connectivity index (χ0v) is 11.4. The Morgan fingerprint density at radius 1 is 1.42 bits per heavy atom. The molecule has 0 saturated heterocycles. The first-order valence-electron chi connectivity index (χ1n) is 5.92. The predicted octanol–water partition coefficient (Wildman–Crippen LogP) is 3.22. The Morgan fingerprint density at radius 3 is 2.74 bits per heavy atom. The zero-order chi connectivity index (χ0) is 14.0. The molecule has 0 bridgehead atoms. The molecule has 1 atom stereocenters. The van der Waals surface area contributed by atoms with Crippen LogP contribution in [-0.4, -0.2) is 15.1 Å². The lowest BCUT2D eigenvalue weighted by atomic mass is 10.1. The van der Waals surface area contributed by atoms with Gasteiger partial charge in [0.15, 0.2) is 0 Å². The topological polar surface area (TPSA) is 46.0 Å². The Hall–Kier alpha value is -1.52. The van der Waals surface area contributed by atoms with Crippen LogP contribution in [0.1, 0.15) is 35.7 Å². The van der Waals surface area contributed by atoms with Gasteiger partial charge in [-0.25, -0.2) is 14.4 Å². The highest BCUT2D eigenvalue weighted by atomic mass is 35.5. The summed E-state index contributed by atoms with van der Waals surface area (Å²) in [6.07, 6.45) is 1.45. The number of aliphatic hydroxyl groups excluding tert-OH is 1. The summed E-state index contributed by atoms with van der Waals surface area (Å²) in [5, 5.41) is 9.88. The largest absolute Gasteiger partial charge is 0.389 e. The fourth-order valence-electron chi connectivity index (χ4n) is 1.86. The van der Waals surface area contributed by atoms with E-state index in [4.69, 9.17) is 11.6 Å². The molecule has 3 nitrogen and oxygen atoms in total. The SMILES string of the molecule is Cc1nc(Cc2ccc(F)cc2Cl)ncc1[C@H](C)O. The quantitative estimate of drug-likeness (QED) is 0.939. The summed E-state index contributed by atoms with van der Waals surface area (Å²) in [7, 11) is 0. The summed E-state index contributed by atoms with van der Waals surface area (Å²) in [6.45, 7) is 3.49. The van der Waals surface area contributed by atoms with E-state index in [1.165, 1.54) is 12.1 Å². The van der Waals surface area contributed by atoms with Gasteiger partial charge in [0.1, 0.15) is 11.6 Å². The van der Waals surface area contributed by atoms with Crippen molar-refractivity contribution < 1.29 is 9.50 Å². The van der Waals surface area contributed by atoms with Crippen LogP contribution in [-0.2, 0) is 6.42 Å². The van der Waals surface area contributed by atoms with Crippen LogP contribution in [0.15, 0.2) is 24.4 Å². The van der Waals surface area contributed by atoms with Crippen molar-refractivity contribution in [3.05, 3.63) is 57.9 Å². The molecule has 0 radical (unpaired) electrons. The van der Waals surface area contributed by atoms with Crippen molar-refractivity contribution in [3.8, 4) is 0 Å². The zero-order valence-electron chi connectivity index (χ0n) is 10.7. The molecule has 2 rings (SSSR count). The van der Waals surface area contributed by atoms with Gasteiger partial charge in [-0.3, -0.25) is 0 Å². The highest BCUT2D eigenvalue weighted by molar-refractivity contribution is 6.31. The van der Waals surface area contributed by atoms with Crippen LogP contribution >= 0.6 is 11.6 Å². The predicted molar refractivity (Wildman–Crippen MR) is 71.6 cm³/mol. The molecule has 2 aromatic rings. The van der Waals surface area contributed by atoms with Crippen molar-refractivity contribution in [2.75, 3.05) is 0 Å². The van der Waals surface area contributed by atoms with Crippen molar-refractivity contribution in [2.45, 2.75) is 26.4 Å². The lowest BCUT2D eigenvalue weighted by molar-refractivity contribution is 0.197. The molecule has 0 fully saturated rings. The molecule has 1 N–H and O–H groups in total. The lowest BCUT2D eigenvalue weighted by Crippen LogP contribution is -2.04. The van der Waals surface area contributed by atoms with Crippen LogP contribution in [0, 0.1) is 12.7 Å². The average molecular weight is 281 g/mol. The Kier molecular flexibility index (Phi) is 4.12. The van der Waals surface area contributed by atoms with Gasteiger partial charge in [-0.1, -0.05) is 17.7 Å². The molecular formula is C14H14ClFN2O. The third kappa shape index (κ3) is 3.28. The van der Waals surface area contributed by atoms with E-state index in [-0.39, 0.29) is 5.82 Å². The fourth-order valence-corrected chi connectivity index (χ4v) is 2.09. The second kappa shape index (κ2) is 5.63. The standard InChI is InChI=1S/C14H14ClFN2O/c1-8-12(9(2)19)7-17-14(18-8)5-10-3-4-11(16)6-13(10)15/h3-4,6-7,9,19H,5H2,1-2H3/t9-/m0/s1. The second-order valence-corrected chi connectivity index (χ2v) is 4.82. The van der Waals surface area contributed by atoms with Crippen molar-refractivity contribution in [1.82, 2.24) is 9.97 Å². The molecule has 0 amide bonds. The molecule has 0 unspecified atom stereocenters. The number of aryl methyl sites for hydroxylation is 1. The average Bonchev–Trinajstić information content (AvgIpc) is 2.32. The second-order valence-electron chi connectivity index (χ2n) is 4.42. The molecule has 1 aromatic heterocycles. The Labute approximate surface area is 116 Å². The van der Waals surface area contributed by atoms with Gasteiger partial charge in [0, 0.05) is 28.9 Å². The minimum absolute atomic E-state index is 0.362. The maximum Gasteiger partial charge on any atom is 0.132 e. The van der Waals surface area contributed by atoms with Crippen molar-refractivity contribution >= 4 is 11.6 Å². The van der Waals surface area contributed by atoms with Crippen molar-refractivity contribution in [1.29, 1.82) is 0 Å². The first-order valence-corrected chi connectivity index (χ1v) is 6.29. The number of halogens is 2. The highest BCUT2D eigenvalue weighted by Crippen LogP contribution is 2.20. The van der Waals surface area contributed by atoms with Crippen LogP contribution in [0.5, 0.6) is 0 Å². The summed E-state index contributed by atoms with van der Waals surface area (Å²) in [5.74, 6) is 0.228. The normalized spacial score (nSPS) is 12.5. The van der Waals surface area contributed by atoms with E-state index < -0.39 is 6.10 Å². The van der Waals surface area contributed by atoms with E-state index in [9.17, 15) is 9.50 Å². The maximum atomic E-state index is 12.9. The molecule has 0 spiro atoms. The number of benzene rings is 1. The number of nitrogens with zero attached hydrogens (tertiary/aromatic N) is 2. The van der Waals surface area contributed by atoms with Gasteiger partial charge >= 0.3 is 0 Å². The summed E-state index contributed by atoms with van der Waals surface area (Å²) < 4.78 is 12.9. The summed E-state index contributed by atoms with van der Waals surface area (Å²) in [6, 6.07) is 4.26. The van der Waals surface area contributed by atoms with Crippen LogP contribution in [0.4, 0.5) is 4.39 Å². The minimum Gasteiger partial charge on any atom is -0.389 e. The number of hydrogen-bond donors (Lipinski definition) is 1. The third-order valence-corrected chi connectivity index (χ3v) is 3.23. The van der Waals surface area contributed by atoms with Gasteiger partial charge in [-0.15, -0.1) is 0 Å². The van der Waals surface area contributed by atoms with E-state index in [1.54, 1.807) is 19.2 Å². The molecule has 0 saturated carbocycles. The number of aromatic nitrogens is 2. The molecule has 100 valence electrons. The van der Waals surface area contributed by atoms with Gasteiger partial charge in [0.25, 0.3) is 0 Å². The van der Waals surface area contributed by atoms with Gasteiger partial charge in [0.2, 0.25) is 0 Å². The first-order chi connectivity index (χ1) is 8.97. The fraction of sp³-hybridized carbons (Fsp3) is 0.286. The van der Waals surface area contributed by atoms with E-state index in [2.05, 4.69) is 9.97 Å². The monoisotopic (exact) mass is 280 g/mol. The molecule has 5 heteroatoms. The van der Waals surface area contributed by atoms with Crippen LogP contribution in [0.3, 0.4) is 0 Å². The van der Waals surface area contributed by atoms with Crippen LogP contribution in [0.2, 0.25) is 5.02 Å². The highest BCUT2D eigenvalue weighted by Gasteiger charge is 2.10. The molecular weight excluding hydrogens is 267 g/mol. The molecule has 1 aromatic carbocycles. The Balaban J connectivity index is 2.26. The Morgan fingerprint density at radius 2 is 2.16 bits per heavy atom. The van der Waals surface area contributed by atoms with Gasteiger partial charge < -0.3 is 5.11 Å². The molecule has 0 aliphatic heterocycles. The summed E-state index contributed by atoms with van der Waals surface area (Å²) >= 11 is 5.97. The smallest absolute Gasteiger partial charge is 0.132 e. The van der Waals surface area contributed by atoms with E-state index in [0.717, 1.165) is 11.3 Å². The summed E-state index contributed by atoms with van der Waals surface area (Å²) in [4.78, 5) is 8.53. The molecule has 0 aliphatic carbocycles. The first kappa shape index (κ1) is 13.9. The third-order valence-electron chi connectivity index (χ3n) is 2.88. The van der Waals surface area contributed by atoms with Gasteiger partial charge in [-0.2, -0.15) is 0 Å². The van der Waals surface area contributed by atoms with Crippen molar-refractivity contribution in [2.24, 2.45) is 0 Å². The number of hydrogen-bond acceptors (Lipinski definition) is 3. The van der Waals surface area contributed by atoms with Crippen molar-refractivity contribution in [3.63, 3.8) is 0 Å². The van der Waals surface area contributed by atoms with E-state index in [0.29, 0.717) is 22.8 Å². The Bertz CT molecular complexity index is 602. The van der Waals surface area contributed by atoms with Gasteiger partial charge in [0.05, 0.1) is 6.10 Å². The summed E-state index contributed by atoms with van der Waals surface area (Å²) in [5.41, 5.74) is 2.21. The minimum atomic E-state index is -0.594. The number of rotatable bonds is 3. The van der Waals surface area contributed by atoms with E-state index in [1.807, 2.05) is 6.92 Å². The molecule has 1 heterocycles. The molecule has 19 heavy (non-hydrogen) atoms. The molecule has 0 aliphatic rings. The number of aliphatic hydroxyl groups is 1. The maximum absolute atomic E-state index is 12.9. The van der Waals surface area contributed by atoms with Gasteiger partial charge in [-0.05, 0) is 31.5 Å². The van der Waals surface area contributed by atoms with E-state index >= 15 is 0 Å². The van der Waals surface area contributed by atoms with Crippen LogP contribution < -0.4 is 0 Å². The lowest BCUT2D eigenvalue weighted by Gasteiger charge is -2.09.